The highest BCUT2D eigenvalue weighted by molar-refractivity contribution is 7.17. The number of carbonyl (C=O) groups excluding carboxylic acids is 1. The summed E-state index contributed by atoms with van der Waals surface area (Å²) in [7, 11) is 0. The fourth-order valence-electron chi connectivity index (χ4n) is 4.10. The summed E-state index contributed by atoms with van der Waals surface area (Å²) in [5.41, 5.74) is 5.41. The van der Waals surface area contributed by atoms with Crippen molar-refractivity contribution in [2.24, 2.45) is 4.99 Å². The van der Waals surface area contributed by atoms with Gasteiger partial charge in [-0.1, -0.05) is 42.8 Å². The molecular formula is C27H28ClN5OS. The van der Waals surface area contributed by atoms with Crippen molar-refractivity contribution in [3.05, 3.63) is 80.7 Å². The van der Waals surface area contributed by atoms with Gasteiger partial charge in [0.2, 0.25) is 5.91 Å². The lowest BCUT2D eigenvalue weighted by atomic mass is 9.99. The number of benzene rings is 2. The Kier molecular flexibility index (Phi) is 7.19. The van der Waals surface area contributed by atoms with Crippen molar-refractivity contribution in [2.75, 3.05) is 10.2 Å². The molecule has 0 saturated heterocycles. The van der Waals surface area contributed by atoms with E-state index in [9.17, 15) is 4.79 Å². The monoisotopic (exact) mass is 505 g/mol. The van der Waals surface area contributed by atoms with Gasteiger partial charge in [-0.15, -0.1) is 11.3 Å². The van der Waals surface area contributed by atoms with E-state index in [0.29, 0.717) is 16.4 Å². The van der Waals surface area contributed by atoms with Crippen molar-refractivity contribution in [1.29, 1.82) is 10.8 Å². The number of amidine groups is 2. The lowest BCUT2D eigenvalue weighted by molar-refractivity contribution is -0.116. The van der Waals surface area contributed by atoms with Gasteiger partial charge < -0.3 is 5.32 Å². The van der Waals surface area contributed by atoms with Crippen LogP contribution in [0.2, 0.25) is 5.02 Å². The summed E-state index contributed by atoms with van der Waals surface area (Å²) in [6.45, 7) is 7.80. The molecule has 4 rings (SSSR count). The summed E-state index contributed by atoms with van der Waals surface area (Å²) < 4.78 is 0. The van der Waals surface area contributed by atoms with Gasteiger partial charge in [-0.2, -0.15) is 0 Å². The summed E-state index contributed by atoms with van der Waals surface area (Å²) >= 11 is 7.67. The zero-order valence-electron chi connectivity index (χ0n) is 20.2. The molecule has 1 amide bonds. The Bertz CT molecular complexity index is 1320. The second-order valence-electron chi connectivity index (χ2n) is 8.57. The summed E-state index contributed by atoms with van der Waals surface area (Å²) in [5.74, 6) is 0.0926. The summed E-state index contributed by atoms with van der Waals surface area (Å²) in [6, 6.07) is 14.4. The number of aryl methyl sites for hydroxylation is 2. The average molecular weight is 506 g/mol. The third kappa shape index (κ3) is 5.06. The van der Waals surface area contributed by atoms with Crippen LogP contribution in [0.5, 0.6) is 0 Å². The average Bonchev–Trinajstić information content (AvgIpc) is 3.04. The van der Waals surface area contributed by atoms with Crippen molar-refractivity contribution >= 4 is 56.9 Å². The SMILES string of the molecule is CCc1ccc(NC(=O)CC2N=C(c3ccc(Cl)cc3)c3c(sc(C)c3C)N(C(C)=N)C2=N)cc1. The summed E-state index contributed by atoms with van der Waals surface area (Å²) in [6.07, 6.45) is 0.916. The number of amides is 1. The van der Waals surface area contributed by atoms with Gasteiger partial charge in [0.15, 0.2) is 0 Å². The van der Waals surface area contributed by atoms with E-state index in [4.69, 9.17) is 27.4 Å². The number of fused-ring (bicyclic) bond motifs is 1. The number of rotatable bonds is 5. The molecule has 8 heteroatoms. The minimum atomic E-state index is -0.754. The van der Waals surface area contributed by atoms with E-state index >= 15 is 0 Å². The Hall–Kier alpha value is -3.29. The van der Waals surface area contributed by atoms with Crippen molar-refractivity contribution in [3.8, 4) is 0 Å². The standard InChI is InChI=1S/C27H28ClN5OS/c1-5-18-6-12-21(13-7-18)31-23(34)14-22-26(30)33(17(4)29)27-24(15(2)16(3)35-27)25(32-22)19-8-10-20(28)11-9-19/h6-13,22,29-30H,5,14H2,1-4H3,(H,31,34). The topological polar surface area (TPSA) is 92.4 Å². The van der Waals surface area contributed by atoms with Crippen LogP contribution in [0.1, 0.15) is 47.4 Å². The van der Waals surface area contributed by atoms with Gasteiger partial charge in [0.1, 0.15) is 22.7 Å². The highest BCUT2D eigenvalue weighted by Crippen LogP contribution is 2.40. The normalized spacial score (nSPS) is 15.3. The molecule has 3 N–H and O–H groups in total. The van der Waals surface area contributed by atoms with Crippen LogP contribution in [0.15, 0.2) is 53.5 Å². The number of nitrogens with zero attached hydrogens (tertiary/aromatic N) is 2. The lowest BCUT2D eigenvalue weighted by Crippen LogP contribution is -2.41. The molecule has 180 valence electrons. The van der Waals surface area contributed by atoms with E-state index in [0.717, 1.165) is 33.0 Å². The van der Waals surface area contributed by atoms with E-state index in [1.807, 2.05) is 62.4 Å². The van der Waals surface area contributed by atoms with Crippen LogP contribution in [0.3, 0.4) is 0 Å². The third-order valence-electron chi connectivity index (χ3n) is 6.13. The van der Waals surface area contributed by atoms with Crippen LogP contribution >= 0.6 is 22.9 Å². The van der Waals surface area contributed by atoms with Gasteiger partial charge in [0.05, 0.1) is 12.1 Å². The maximum Gasteiger partial charge on any atom is 0.227 e. The number of carbonyl (C=O) groups is 1. The molecule has 1 atom stereocenters. The van der Waals surface area contributed by atoms with E-state index < -0.39 is 6.04 Å². The maximum absolute atomic E-state index is 13.0. The zero-order valence-corrected chi connectivity index (χ0v) is 21.8. The smallest absolute Gasteiger partial charge is 0.227 e. The number of anilines is 2. The first-order valence-electron chi connectivity index (χ1n) is 11.5. The summed E-state index contributed by atoms with van der Waals surface area (Å²) in [4.78, 5) is 20.7. The second kappa shape index (κ2) is 10.1. The number of aliphatic imine (C=N–C) groups is 1. The van der Waals surface area contributed by atoms with Crippen LogP contribution in [0, 0.1) is 24.7 Å². The first kappa shape index (κ1) is 24.8. The van der Waals surface area contributed by atoms with Crippen LogP contribution in [0.4, 0.5) is 10.7 Å². The van der Waals surface area contributed by atoms with E-state index in [1.165, 1.54) is 16.9 Å². The second-order valence-corrected chi connectivity index (χ2v) is 10.2. The first-order chi connectivity index (χ1) is 16.7. The molecule has 1 unspecified atom stereocenters. The Balaban J connectivity index is 1.76. The van der Waals surface area contributed by atoms with Crippen molar-refractivity contribution in [2.45, 2.75) is 46.6 Å². The largest absolute Gasteiger partial charge is 0.326 e. The van der Waals surface area contributed by atoms with E-state index in [1.54, 1.807) is 11.8 Å². The van der Waals surface area contributed by atoms with Crippen molar-refractivity contribution < 1.29 is 4.79 Å². The number of hydrogen-bond acceptors (Lipinski definition) is 5. The summed E-state index contributed by atoms with van der Waals surface area (Å²) in [5, 5.41) is 21.8. The quantitative estimate of drug-likeness (QED) is 0.269. The molecule has 1 aromatic heterocycles. The Labute approximate surface area is 214 Å². The van der Waals surface area contributed by atoms with E-state index in [2.05, 4.69) is 12.2 Å². The number of nitrogens with one attached hydrogen (secondary N) is 3. The molecule has 35 heavy (non-hydrogen) atoms. The molecule has 1 aliphatic rings. The predicted octanol–water partition coefficient (Wildman–Crippen LogP) is 6.61. The highest BCUT2D eigenvalue weighted by Gasteiger charge is 2.34. The van der Waals surface area contributed by atoms with Gasteiger partial charge in [-0.05, 0) is 62.6 Å². The zero-order chi connectivity index (χ0) is 25.3. The van der Waals surface area contributed by atoms with Gasteiger partial charge in [0, 0.05) is 26.7 Å². The Morgan fingerprint density at radius 3 is 2.40 bits per heavy atom. The van der Waals surface area contributed by atoms with Gasteiger partial charge in [-0.25, -0.2) is 0 Å². The fourth-order valence-corrected chi connectivity index (χ4v) is 5.45. The minimum Gasteiger partial charge on any atom is -0.326 e. The Morgan fingerprint density at radius 2 is 1.80 bits per heavy atom. The molecule has 0 bridgehead atoms. The molecule has 1 aliphatic heterocycles. The number of thiophene rings is 1. The molecule has 6 nitrogen and oxygen atoms in total. The third-order valence-corrected chi connectivity index (χ3v) is 7.57. The van der Waals surface area contributed by atoms with Gasteiger partial charge in [-0.3, -0.25) is 25.5 Å². The molecular weight excluding hydrogens is 478 g/mol. The van der Waals surface area contributed by atoms with Crippen molar-refractivity contribution in [3.63, 3.8) is 0 Å². The molecule has 3 aromatic rings. The molecule has 2 aromatic carbocycles. The fraction of sp³-hybridized carbons (Fsp3) is 0.259. The molecule has 0 spiro atoms. The molecule has 0 fully saturated rings. The minimum absolute atomic E-state index is 0.0117. The van der Waals surface area contributed by atoms with Gasteiger partial charge >= 0.3 is 0 Å². The molecule has 2 heterocycles. The first-order valence-corrected chi connectivity index (χ1v) is 12.7. The van der Waals surface area contributed by atoms with Crippen molar-refractivity contribution in [1.82, 2.24) is 0 Å². The molecule has 0 saturated carbocycles. The van der Waals surface area contributed by atoms with Crippen LogP contribution in [-0.4, -0.2) is 29.3 Å². The highest BCUT2D eigenvalue weighted by atomic mass is 35.5. The number of halogens is 1. The van der Waals surface area contributed by atoms with E-state index in [-0.39, 0.29) is 24.0 Å². The van der Waals surface area contributed by atoms with Gasteiger partial charge in [0.25, 0.3) is 0 Å². The molecule has 0 aliphatic carbocycles. The van der Waals surface area contributed by atoms with Crippen LogP contribution in [0.25, 0.3) is 0 Å². The number of hydrogen-bond donors (Lipinski definition) is 3. The van der Waals surface area contributed by atoms with Crippen LogP contribution in [-0.2, 0) is 11.2 Å². The maximum atomic E-state index is 13.0. The molecule has 0 radical (unpaired) electrons. The lowest BCUT2D eigenvalue weighted by Gasteiger charge is -2.24. The Morgan fingerprint density at radius 1 is 1.14 bits per heavy atom. The van der Waals surface area contributed by atoms with Crippen LogP contribution < -0.4 is 10.2 Å². The predicted molar refractivity (Wildman–Crippen MR) is 147 cm³/mol.